The van der Waals surface area contributed by atoms with Crippen LogP contribution in [0.2, 0.25) is 0 Å². The van der Waals surface area contributed by atoms with Gasteiger partial charge in [-0.1, -0.05) is 12.1 Å². The number of carbonyl (C=O) groups excluding carboxylic acids is 1. The molecule has 2 aromatic rings. The molecule has 1 aliphatic rings. The molecule has 0 radical (unpaired) electrons. The second-order valence-electron chi connectivity index (χ2n) is 6.88. The van der Waals surface area contributed by atoms with E-state index in [0.717, 1.165) is 49.8 Å². The summed E-state index contributed by atoms with van der Waals surface area (Å²) in [5.74, 6) is 2.72. The number of oxazole rings is 1. The summed E-state index contributed by atoms with van der Waals surface area (Å²) < 4.78 is 10.9. The van der Waals surface area contributed by atoms with Crippen LogP contribution in [0.25, 0.3) is 0 Å². The molecular formula is C20H27N3O3. The van der Waals surface area contributed by atoms with E-state index < -0.39 is 0 Å². The van der Waals surface area contributed by atoms with Crippen molar-refractivity contribution in [3.05, 3.63) is 47.2 Å². The Labute approximate surface area is 154 Å². The average Bonchev–Trinajstić information content (AvgIpc) is 2.98. The molecule has 0 spiro atoms. The maximum atomic E-state index is 12.4. The second kappa shape index (κ2) is 8.36. The highest BCUT2D eigenvalue weighted by Crippen LogP contribution is 2.20. The van der Waals surface area contributed by atoms with E-state index in [1.165, 1.54) is 0 Å². The van der Waals surface area contributed by atoms with E-state index in [-0.39, 0.29) is 5.91 Å². The topological polar surface area (TPSA) is 67.6 Å². The molecule has 1 aromatic heterocycles. The lowest BCUT2D eigenvalue weighted by molar-refractivity contribution is 0.0931. The molecule has 0 aliphatic carbocycles. The van der Waals surface area contributed by atoms with Crippen LogP contribution >= 0.6 is 0 Å². The summed E-state index contributed by atoms with van der Waals surface area (Å²) in [6.07, 6.45) is 2.12. The summed E-state index contributed by atoms with van der Waals surface area (Å²) in [6, 6.07) is 7.31. The molecule has 0 saturated carbocycles. The Morgan fingerprint density at radius 3 is 2.69 bits per heavy atom. The fourth-order valence-corrected chi connectivity index (χ4v) is 3.31. The van der Waals surface area contributed by atoms with Gasteiger partial charge in [0.15, 0.2) is 0 Å². The van der Waals surface area contributed by atoms with Gasteiger partial charge in [-0.2, -0.15) is 0 Å². The first-order valence-electron chi connectivity index (χ1n) is 9.13. The van der Waals surface area contributed by atoms with Gasteiger partial charge in [0.05, 0.1) is 24.9 Å². The fraction of sp³-hybridized carbons (Fsp3) is 0.500. The van der Waals surface area contributed by atoms with Crippen molar-refractivity contribution in [2.75, 3.05) is 26.7 Å². The number of hydrogen-bond donors (Lipinski definition) is 1. The lowest BCUT2D eigenvalue weighted by atomic mass is 9.96. The van der Waals surface area contributed by atoms with Crippen LogP contribution in [-0.4, -0.2) is 42.5 Å². The predicted octanol–water partition coefficient (Wildman–Crippen LogP) is 2.94. The van der Waals surface area contributed by atoms with Crippen LogP contribution in [0.15, 0.2) is 28.7 Å². The number of nitrogens with one attached hydrogen (secondary N) is 1. The molecule has 26 heavy (non-hydrogen) atoms. The van der Waals surface area contributed by atoms with E-state index in [2.05, 4.69) is 15.2 Å². The van der Waals surface area contributed by atoms with E-state index in [4.69, 9.17) is 9.15 Å². The number of aryl methyl sites for hydroxylation is 2. The SMILES string of the molecule is COc1ccccc1C(=O)NCC1CCN(Cc2nc(C)c(C)o2)CC1. The van der Waals surface area contributed by atoms with Gasteiger partial charge in [-0.3, -0.25) is 9.69 Å². The number of rotatable bonds is 6. The Kier molecular flexibility index (Phi) is 5.93. The van der Waals surface area contributed by atoms with Crippen molar-refractivity contribution >= 4 is 5.91 Å². The van der Waals surface area contributed by atoms with Crippen LogP contribution in [0.3, 0.4) is 0 Å². The van der Waals surface area contributed by atoms with Gasteiger partial charge in [0, 0.05) is 6.54 Å². The summed E-state index contributed by atoms with van der Waals surface area (Å²) in [6.45, 7) is 7.36. The lowest BCUT2D eigenvalue weighted by Gasteiger charge is -2.31. The van der Waals surface area contributed by atoms with Gasteiger partial charge in [0.1, 0.15) is 11.5 Å². The van der Waals surface area contributed by atoms with Crippen LogP contribution in [-0.2, 0) is 6.54 Å². The van der Waals surface area contributed by atoms with Gasteiger partial charge in [0.25, 0.3) is 5.91 Å². The van der Waals surface area contributed by atoms with Crippen LogP contribution in [0.1, 0.15) is 40.5 Å². The molecule has 6 nitrogen and oxygen atoms in total. The molecular weight excluding hydrogens is 330 g/mol. The molecule has 1 N–H and O–H groups in total. The maximum Gasteiger partial charge on any atom is 0.255 e. The summed E-state index contributed by atoms with van der Waals surface area (Å²) in [5, 5.41) is 3.05. The number of methoxy groups -OCH3 is 1. The zero-order valence-electron chi connectivity index (χ0n) is 15.7. The first kappa shape index (κ1) is 18.5. The average molecular weight is 357 g/mol. The van der Waals surface area contributed by atoms with Crippen LogP contribution in [0, 0.1) is 19.8 Å². The number of amides is 1. The minimum Gasteiger partial charge on any atom is -0.496 e. The highest BCUT2D eigenvalue weighted by atomic mass is 16.5. The number of carbonyl (C=O) groups is 1. The molecule has 0 atom stereocenters. The van der Waals surface area contributed by atoms with Crippen molar-refractivity contribution in [3.63, 3.8) is 0 Å². The van der Waals surface area contributed by atoms with E-state index in [0.29, 0.717) is 23.8 Å². The van der Waals surface area contributed by atoms with Crippen molar-refractivity contribution in [3.8, 4) is 5.75 Å². The zero-order chi connectivity index (χ0) is 18.5. The van der Waals surface area contributed by atoms with Crippen LogP contribution in [0.5, 0.6) is 5.75 Å². The molecule has 0 bridgehead atoms. The highest BCUT2D eigenvalue weighted by molar-refractivity contribution is 5.96. The van der Waals surface area contributed by atoms with Gasteiger partial charge in [-0.05, 0) is 57.8 Å². The fourth-order valence-electron chi connectivity index (χ4n) is 3.31. The normalized spacial score (nSPS) is 15.8. The molecule has 1 amide bonds. The molecule has 140 valence electrons. The molecule has 3 rings (SSSR count). The minimum absolute atomic E-state index is 0.0735. The molecule has 1 aromatic carbocycles. The second-order valence-corrected chi connectivity index (χ2v) is 6.88. The molecule has 0 unspecified atom stereocenters. The number of ether oxygens (including phenoxy) is 1. The largest absolute Gasteiger partial charge is 0.496 e. The Hall–Kier alpha value is -2.34. The summed E-state index contributed by atoms with van der Waals surface area (Å²) in [4.78, 5) is 19.2. The first-order valence-corrected chi connectivity index (χ1v) is 9.13. The smallest absolute Gasteiger partial charge is 0.255 e. The molecule has 1 fully saturated rings. The van der Waals surface area contributed by atoms with Gasteiger partial charge < -0.3 is 14.5 Å². The van der Waals surface area contributed by atoms with E-state index >= 15 is 0 Å². The van der Waals surface area contributed by atoms with E-state index in [1.54, 1.807) is 19.2 Å². The Morgan fingerprint density at radius 2 is 2.04 bits per heavy atom. The van der Waals surface area contributed by atoms with E-state index in [1.807, 2.05) is 26.0 Å². The summed E-state index contributed by atoms with van der Waals surface area (Å²) >= 11 is 0. The monoisotopic (exact) mass is 357 g/mol. The van der Waals surface area contributed by atoms with Crippen LogP contribution < -0.4 is 10.1 Å². The Balaban J connectivity index is 1.44. The third-order valence-corrected chi connectivity index (χ3v) is 5.04. The number of aromatic nitrogens is 1. The summed E-state index contributed by atoms with van der Waals surface area (Å²) in [5.41, 5.74) is 1.55. The third-order valence-electron chi connectivity index (χ3n) is 5.04. The lowest BCUT2D eigenvalue weighted by Crippen LogP contribution is -2.38. The standard InChI is InChI=1S/C20H27N3O3/c1-14-15(2)26-19(22-14)13-23-10-8-16(9-11-23)12-21-20(24)17-6-4-5-7-18(17)25-3/h4-7,16H,8-13H2,1-3H3,(H,21,24). The van der Waals surface area contributed by atoms with E-state index in [9.17, 15) is 4.79 Å². The first-order chi connectivity index (χ1) is 12.6. The molecule has 1 aliphatic heterocycles. The van der Waals surface area contributed by atoms with Gasteiger partial charge in [-0.15, -0.1) is 0 Å². The number of piperidine rings is 1. The Bertz CT molecular complexity index is 729. The van der Waals surface area contributed by atoms with Crippen molar-refractivity contribution in [1.82, 2.24) is 15.2 Å². The van der Waals surface area contributed by atoms with Gasteiger partial charge in [0.2, 0.25) is 5.89 Å². The third kappa shape index (κ3) is 4.43. The Morgan fingerprint density at radius 1 is 1.31 bits per heavy atom. The molecule has 6 heteroatoms. The number of likely N-dealkylation sites (tertiary alicyclic amines) is 1. The quantitative estimate of drug-likeness (QED) is 0.861. The van der Waals surface area contributed by atoms with Crippen molar-refractivity contribution in [2.24, 2.45) is 5.92 Å². The number of nitrogens with zero attached hydrogens (tertiary/aromatic N) is 2. The van der Waals surface area contributed by atoms with Gasteiger partial charge in [-0.25, -0.2) is 4.98 Å². The molecule has 1 saturated heterocycles. The number of benzene rings is 1. The maximum absolute atomic E-state index is 12.4. The van der Waals surface area contributed by atoms with Crippen molar-refractivity contribution in [1.29, 1.82) is 0 Å². The zero-order valence-corrected chi connectivity index (χ0v) is 15.7. The molecule has 2 heterocycles. The van der Waals surface area contributed by atoms with Gasteiger partial charge >= 0.3 is 0 Å². The van der Waals surface area contributed by atoms with Crippen LogP contribution in [0.4, 0.5) is 0 Å². The number of para-hydroxylation sites is 1. The minimum atomic E-state index is -0.0735. The predicted molar refractivity (Wildman–Crippen MR) is 99.3 cm³/mol. The number of hydrogen-bond acceptors (Lipinski definition) is 5. The van der Waals surface area contributed by atoms with Crippen molar-refractivity contribution in [2.45, 2.75) is 33.2 Å². The van der Waals surface area contributed by atoms with Crippen molar-refractivity contribution < 1.29 is 13.9 Å². The highest BCUT2D eigenvalue weighted by Gasteiger charge is 2.22. The summed E-state index contributed by atoms with van der Waals surface area (Å²) in [7, 11) is 1.58.